The smallest absolute Gasteiger partial charge is 0.273 e. The maximum atomic E-state index is 12.0. The minimum absolute atomic E-state index is 0.103. The molecule has 106 valence electrons. The fourth-order valence-corrected chi connectivity index (χ4v) is 3.96. The molecule has 2 aromatic heterocycles. The Hall–Kier alpha value is -1.69. The third kappa shape index (κ3) is 2.60. The van der Waals surface area contributed by atoms with Gasteiger partial charge in [-0.1, -0.05) is 25.3 Å². The van der Waals surface area contributed by atoms with Gasteiger partial charge in [0.15, 0.2) is 5.69 Å². The average molecular weight is 290 g/mol. The lowest BCUT2D eigenvalue weighted by Gasteiger charge is -2.36. The minimum Gasteiger partial charge on any atom is -0.350 e. The first-order chi connectivity index (χ1) is 9.80. The summed E-state index contributed by atoms with van der Waals surface area (Å²) in [4.78, 5) is 13.4. The zero-order valence-corrected chi connectivity index (χ0v) is 12.1. The maximum absolute atomic E-state index is 12.0. The van der Waals surface area contributed by atoms with Crippen molar-refractivity contribution in [2.24, 2.45) is 0 Å². The predicted molar refractivity (Wildman–Crippen MR) is 77.8 cm³/mol. The largest absolute Gasteiger partial charge is 0.350 e. The maximum Gasteiger partial charge on any atom is 0.273 e. The molecule has 3 rings (SSSR count). The number of thiophene rings is 1. The van der Waals surface area contributed by atoms with Crippen LogP contribution in [0.3, 0.4) is 0 Å². The molecule has 20 heavy (non-hydrogen) atoms. The van der Waals surface area contributed by atoms with Crippen LogP contribution in [0.1, 0.15) is 47.5 Å². The van der Waals surface area contributed by atoms with Gasteiger partial charge in [-0.2, -0.15) is 15.4 Å². The zero-order chi connectivity index (χ0) is 13.8. The minimum atomic E-state index is -0.153. The van der Waals surface area contributed by atoms with Gasteiger partial charge in [0.05, 0.1) is 6.20 Å². The molecule has 1 amide bonds. The Morgan fingerprint density at radius 2 is 2.25 bits per heavy atom. The summed E-state index contributed by atoms with van der Waals surface area (Å²) < 4.78 is 0. The molecule has 0 atom stereocenters. The molecule has 1 fully saturated rings. The van der Waals surface area contributed by atoms with Gasteiger partial charge in [0.1, 0.15) is 0 Å². The van der Waals surface area contributed by atoms with Crippen LogP contribution in [0.2, 0.25) is 0 Å². The number of amides is 1. The Bertz CT molecular complexity index is 544. The van der Waals surface area contributed by atoms with E-state index < -0.39 is 0 Å². The first-order valence-electron chi connectivity index (χ1n) is 6.98. The van der Waals surface area contributed by atoms with Crippen LogP contribution in [0.15, 0.2) is 23.7 Å². The second-order valence-corrected chi connectivity index (χ2v) is 6.30. The fourth-order valence-electron chi connectivity index (χ4n) is 2.97. The quantitative estimate of drug-likeness (QED) is 0.909. The van der Waals surface area contributed by atoms with Gasteiger partial charge in [0.2, 0.25) is 0 Å². The molecule has 0 saturated heterocycles. The van der Waals surface area contributed by atoms with E-state index in [4.69, 9.17) is 0 Å². The van der Waals surface area contributed by atoms with Crippen molar-refractivity contribution < 1.29 is 4.79 Å². The normalized spacial score (nSPS) is 17.8. The van der Waals surface area contributed by atoms with E-state index in [1.165, 1.54) is 30.3 Å². The first kappa shape index (κ1) is 13.3. The molecule has 0 radical (unpaired) electrons. The Morgan fingerprint density at radius 3 is 2.90 bits per heavy atom. The topological polar surface area (TPSA) is 70.7 Å². The van der Waals surface area contributed by atoms with Crippen LogP contribution in [0, 0.1) is 0 Å². The third-order valence-electron chi connectivity index (χ3n) is 4.09. The highest BCUT2D eigenvalue weighted by Gasteiger charge is 2.35. The standard InChI is InChI=1S/C14H18N4OS/c19-13(11-9-16-18-17-11)15-10-14(6-2-1-3-7-14)12-5-4-8-20-12/h4-5,8-9H,1-3,6-7,10H2,(H,15,19)(H,16,17,18). The number of rotatable bonds is 4. The van der Waals surface area contributed by atoms with E-state index in [1.807, 2.05) is 0 Å². The SMILES string of the molecule is O=C(NCC1(c2cccs2)CCCCC1)c1cn[nH]n1. The summed E-state index contributed by atoms with van der Waals surface area (Å²) >= 11 is 1.79. The molecule has 2 N–H and O–H groups in total. The van der Waals surface area contributed by atoms with Gasteiger partial charge in [-0.05, 0) is 24.3 Å². The van der Waals surface area contributed by atoms with Crippen molar-refractivity contribution in [2.45, 2.75) is 37.5 Å². The average Bonchev–Trinajstić information content (AvgIpc) is 3.18. The lowest BCUT2D eigenvalue weighted by Crippen LogP contribution is -2.41. The van der Waals surface area contributed by atoms with Crippen LogP contribution < -0.4 is 5.32 Å². The Balaban J connectivity index is 1.72. The molecule has 1 aliphatic carbocycles. The zero-order valence-electron chi connectivity index (χ0n) is 11.3. The molecule has 1 aliphatic rings. The molecule has 0 aliphatic heterocycles. The number of aromatic nitrogens is 3. The highest BCUT2D eigenvalue weighted by Crippen LogP contribution is 2.41. The number of aromatic amines is 1. The molecule has 2 heterocycles. The summed E-state index contributed by atoms with van der Waals surface area (Å²) in [5, 5.41) is 15.1. The van der Waals surface area contributed by atoms with Crippen LogP contribution in [0.5, 0.6) is 0 Å². The molecule has 6 heteroatoms. The van der Waals surface area contributed by atoms with Crippen LogP contribution >= 0.6 is 11.3 Å². The van der Waals surface area contributed by atoms with E-state index in [9.17, 15) is 4.79 Å². The molecule has 0 aromatic carbocycles. The third-order valence-corrected chi connectivity index (χ3v) is 5.21. The highest BCUT2D eigenvalue weighted by molar-refractivity contribution is 7.10. The van der Waals surface area contributed by atoms with Crippen LogP contribution in [0.25, 0.3) is 0 Å². The predicted octanol–water partition coefficient (Wildman–Crippen LogP) is 2.50. The second-order valence-electron chi connectivity index (χ2n) is 5.36. The monoisotopic (exact) mass is 290 g/mol. The number of nitrogens with one attached hydrogen (secondary N) is 2. The van der Waals surface area contributed by atoms with Crippen molar-refractivity contribution in [3.8, 4) is 0 Å². The fraction of sp³-hybridized carbons (Fsp3) is 0.500. The van der Waals surface area contributed by atoms with E-state index >= 15 is 0 Å². The summed E-state index contributed by atoms with van der Waals surface area (Å²) in [6.07, 6.45) is 7.51. The molecule has 1 saturated carbocycles. The Labute approximate surface area is 121 Å². The van der Waals surface area contributed by atoms with E-state index in [1.54, 1.807) is 11.3 Å². The van der Waals surface area contributed by atoms with Gasteiger partial charge < -0.3 is 5.32 Å². The number of carbonyl (C=O) groups excluding carboxylic acids is 1. The van der Waals surface area contributed by atoms with E-state index in [2.05, 4.69) is 38.2 Å². The van der Waals surface area contributed by atoms with Crippen molar-refractivity contribution in [3.63, 3.8) is 0 Å². The van der Waals surface area contributed by atoms with Gasteiger partial charge in [-0.3, -0.25) is 4.79 Å². The molecule has 5 nitrogen and oxygen atoms in total. The van der Waals surface area contributed by atoms with E-state index in [-0.39, 0.29) is 11.3 Å². The molecule has 2 aromatic rings. The Kier molecular flexibility index (Phi) is 3.82. The molecule has 0 spiro atoms. The second kappa shape index (κ2) is 5.75. The van der Waals surface area contributed by atoms with Crippen molar-refractivity contribution in [1.82, 2.24) is 20.7 Å². The lowest BCUT2D eigenvalue weighted by molar-refractivity contribution is 0.0932. The van der Waals surface area contributed by atoms with Crippen molar-refractivity contribution in [2.75, 3.05) is 6.54 Å². The summed E-state index contributed by atoms with van der Waals surface area (Å²) in [7, 11) is 0. The number of hydrogen-bond donors (Lipinski definition) is 2. The van der Waals surface area contributed by atoms with Gasteiger partial charge in [0, 0.05) is 16.8 Å². The number of hydrogen-bond acceptors (Lipinski definition) is 4. The summed E-state index contributed by atoms with van der Waals surface area (Å²) in [6.45, 7) is 0.680. The number of H-pyrrole nitrogens is 1. The van der Waals surface area contributed by atoms with Crippen molar-refractivity contribution in [3.05, 3.63) is 34.3 Å². The van der Waals surface area contributed by atoms with E-state index in [0.717, 1.165) is 12.8 Å². The Morgan fingerprint density at radius 1 is 1.40 bits per heavy atom. The van der Waals surface area contributed by atoms with Gasteiger partial charge in [0.25, 0.3) is 5.91 Å². The first-order valence-corrected chi connectivity index (χ1v) is 7.86. The highest BCUT2D eigenvalue weighted by atomic mass is 32.1. The summed E-state index contributed by atoms with van der Waals surface area (Å²) in [5.74, 6) is -0.153. The van der Waals surface area contributed by atoms with Crippen LogP contribution in [-0.4, -0.2) is 27.9 Å². The molecule has 0 unspecified atom stereocenters. The van der Waals surface area contributed by atoms with Gasteiger partial charge in [-0.15, -0.1) is 11.3 Å². The van der Waals surface area contributed by atoms with Crippen molar-refractivity contribution >= 4 is 17.2 Å². The lowest BCUT2D eigenvalue weighted by atomic mass is 9.73. The molecular formula is C14H18N4OS. The van der Waals surface area contributed by atoms with Crippen LogP contribution in [0.4, 0.5) is 0 Å². The molecular weight excluding hydrogens is 272 g/mol. The van der Waals surface area contributed by atoms with Crippen molar-refractivity contribution in [1.29, 1.82) is 0 Å². The van der Waals surface area contributed by atoms with Gasteiger partial charge in [-0.25, -0.2) is 0 Å². The molecule has 0 bridgehead atoms. The number of carbonyl (C=O) groups is 1. The van der Waals surface area contributed by atoms with Gasteiger partial charge >= 0.3 is 0 Å². The summed E-state index contributed by atoms with van der Waals surface area (Å²) in [5.41, 5.74) is 0.452. The number of nitrogens with zero attached hydrogens (tertiary/aromatic N) is 2. The van der Waals surface area contributed by atoms with Crippen LogP contribution in [-0.2, 0) is 5.41 Å². The summed E-state index contributed by atoms with van der Waals surface area (Å²) in [6, 6.07) is 4.29. The van der Waals surface area contributed by atoms with E-state index in [0.29, 0.717) is 12.2 Å².